The van der Waals surface area contributed by atoms with Crippen LogP contribution in [0.4, 0.5) is 13.2 Å². The molecule has 1 aliphatic heterocycles. The van der Waals surface area contributed by atoms with Crippen molar-refractivity contribution in [3.63, 3.8) is 0 Å². The summed E-state index contributed by atoms with van der Waals surface area (Å²) in [7, 11) is 0. The van der Waals surface area contributed by atoms with Gasteiger partial charge in [-0.2, -0.15) is 0 Å². The fourth-order valence-electron chi connectivity index (χ4n) is 2.92. The molecule has 1 aromatic rings. The van der Waals surface area contributed by atoms with E-state index in [-0.39, 0.29) is 24.1 Å². The molecule has 1 aromatic carbocycles. The number of ether oxygens (including phenoxy) is 1. The number of carbonyl (C=O) groups is 2. The van der Waals surface area contributed by atoms with E-state index >= 15 is 0 Å². The van der Waals surface area contributed by atoms with Crippen LogP contribution >= 0.6 is 0 Å². The quantitative estimate of drug-likeness (QED) is 0.797. The van der Waals surface area contributed by atoms with Crippen molar-refractivity contribution in [3.05, 3.63) is 29.8 Å². The van der Waals surface area contributed by atoms with Crippen molar-refractivity contribution in [2.45, 2.75) is 25.2 Å². The summed E-state index contributed by atoms with van der Waals surface area (Å²) in [6, 6.07) is 4.42. The zero-order valence-corrected chi connectivity index (χ0v) is 14.0. The number of nitrogens with zero attached hydrogens (tertiary/aromatic N) is 1. The molecule has 2 N–H and O–H groups in total. The van der Waals surface area contributed by atoms with E-state index in [4.69, 9.17) is 0 Å². The molecule has 26 heavy (non-hydrogen) atoms. The first kappa shape index (κ1) is 18.5. The molecule has 3 rings (SSSR count). The highest BCUT2D eigenvalue weighted by Crippen LogP contribution is 2.29. The first-order chi connectivity index (χ1) is 12.3. The Balaban J connectivity index is 1.67. The van der Waals surface area contributed by atoms with Crippen LogP contribution in [0.25, 0.3) is 0 Å². The van der Waals surface area contributed by atoms with Crippen molar-refractivity contribution < 1.29 is 27.5 Å². The van der Waals surface area contributed by atoms with Gasteiger partial charge in [-0.05, 0) is 36.5 Å². The van der Waals surface area contributed by atoms with E-state index in [0.717, 1.165) is 25.0 Å². The van der Waals surface area contributed by atoms with Crippen molar-refractivity contribution in [1.29, 1.82) is 0 Å². The number of nitrogens with one attached hydrogen (secondary N) is 2. The number of hydrogen-bond donors (Lipinski definition) is 2. The third kappa shape index (κ3) is 5.10. The second-order valence-corrected chi connectivity index (χ2v) is 6.53. The molecule has 0 spiro atoms. The fraction of sp³-hybridized carbons (Fsp3) is 0.529. The number of hydrogen-bond acceptors (Lipinski definition) is 4. The molecule has 1 saturated carbocycles. The minimum absolute atomic E-state index is 0.0611. The number of amides is 2. The molecule has 1 atom stereocenters. The van der Waals surface area contributed by atoms with Gasteiger partial charge in [0.15, 0.2) is 0 Å². The molecule has 142 valence electrons. The largest absolute Gasteiger partial charge is 0.573 e. The monoisotopic (exact) mass is 371 g/mol. The second-order valence-electron chi connectivity index (χ2n) is 6.53. The van der Waals surface area contributed by atoms with Gasteiger partial charge >= 0.3 is 6.36 Å². The standard InChI is InChI=1S/C17H20F3N3O3/c18-17(19,20)26-13-5-3-12(4-6-13)15-16(25)21-7-8-23(15)10-14(24)22-9-11-1-2-11/h3-6,11,15H,1-2,7-10H2,(H,21,25)(H,22,24)/t15-/m1/s1. The van der Waals surface area contributed by atoms with Crippen LogP contribution in [-0.4, -0.2) is 49.3 Å². The van der Waals surface area contributed by atoms with E-state index < -0.39 is 12.4 Å². The lowest BCUT2D eigenvalue weighted by atomic mass is 10.0. The average Bonchev–Trinajstić information content (AvgIpc) is 3.37. The lowest BCUT2D eigenvalue weighted by molar-refractivity contribution is -0.274. The van der Waals surface area contributed by atoms with Gasteiger partial charge in [0.1, 0.15) is 11.8 Å². The maximum atomic E-state index is 12.3. The molecule has 2 fully saturated rings. The maximum Gasteiger partial charge on any atom is 0.573 e. The SMILES string of the molecule is O=C(CN1CCNC(=O)[C@H]1c1ccc(OC(F)(F)F)cc1)NCC1CC1. The summed E-state index contributed by atoms with van der Waals surface area (Å²) in [6.45, 7) is 1.60. The molecule has 0 unspecified atom stereocenters. The fourth-order valence-corrected chi connectivity index (χ4v) is 2.92. The number of halogens is 3. The van der Waals surface area contributed by atoms with Crippen LogP contribution in [0.3, 0.4) is 0 Å². The number of carbonyl (C=O) groups excluding carboxylic acids is 2. The summed E-state index contributed by atoms with van der Waals surface area (Å²) >= 11 is 0. The van der Waals surface area contributed by atoms with Gasteiger partial charge < -0.3 is 15.4 Å². The molecule has 1 heterocycles. The Bertz CT molecular complexity index is 659. The molecule has 2 aliphatic rings. The van der Waals surface area contributed by atoms with E-state index in [1.54, 1.807) is 4.90 Å². The van der Waals surface area contributed by atoms with E-state index in [9.17, 15) is 22.8 Å². The zero-order chi connectivity index (χ0) is 18.7. The van der Waals surface area contributed by atoms with Gasteiger partial charge in [0, 0.05) is 19.6 Å². The van der Waals surface area contributed by atoms with Gasteiger partial charge in [-0.3, -0.25) is 14.5 Å². The smallest absolute Gasteiger partial charge is 0.406 e. The average molecular weight is 371 g/mol. The Morgan fingerprint density at radius 2 is 1.96 bits per heavy atom. The van der Waals surface area contributed by atoms with Gasteiger partial charge in [0.05, 0.1) is 6.54 Å². The number of benzene rings is 1. The van der Waals surface area contributed by atoms with Crippen LogP contribution in [0.1, 0.15) is 24.4 Å². The third-order valence-corrected chi connectivity index (χ3v) is 4.37. The van der Waals surface area contributed by atoms with Crippen LogP contribution < -0.4 is 15.4 Å². The second kappa shape index (κ2) is 7.53. The molecule has 0 bridgehead atoms. The minimum Gasteiger partial charge on any atom is -0.406 e. The number of rotatable bonds is 6. The highest BCUT2D eigenvalue weighted by molar-refractivity contribution is 5.85. The van der Waals surface area contributed by atoms with Gasteiger partial charge in [0.25, 0.3) is 0 Å². The van der Waals surface area contributed by atoms with Crippen molar-refractivity contribution in [2.75, 3.05) is 26.2 Å². The predicted molar refractivity (Wildman–Crippen MR) is 86.2 cm³/mol. The molecule has 0 radical (unpaired) electrons. The lowest BCUT2D eigenvalue weighted by Crippen LogP contribution is -2.52. The molecule has 0 aromatic heterocycles. The Morgan fingerprint density at radius 1 is 1.27 bits per heavy atom. The Kier molecular flexibility index (Phi) is 5.36. The molecular weight excluding hydrogens is 351 g/mol. The van der Waals surface area contributed by atoms with Gasteiger partial charge in [0.2, 0.25) is 11.8 Å². The first-order valence-electron chi connectivity index (χ1n) is 8.46. The van der Waals surface area contributed by atoms with Crippen LogP contribution in [0.5, 0.6) is 5.75 Å². The minimum atomic E-state index is -4.77. The Hall–Kier alpha value is -2.29. The van der Waals surface area contributed by atoms with Crippen molar-refractivity contribution in [3.8, 4) is 5.75 Å². The Morgan fingerprint density at radius 3 is 2.58 bits per heavy atom. The van der Waals surface area contributed by atoms with Crippen LogP contribution in [0, 0.1) is 5.92 Å². The lowest BCUT2D eigenvalue weighted by Gasteiger charge is -2.34. The van der Waals surface area contributed by atoms with Crippen molar-refractivity contribution in [2.24, 2.45) is 5.92 Å². The molecule has 9 heteroatoms. The highest BCUT2D eigenvalue weighted by atomic mass is 19.4. The number of alkyl halides is 3. The number of piperazine rings is 1. The summed E-state index contributed by atoms with van der Waals surface area (Å²) in [4.78, 5) is 26.1. The van der Waals surface area contributed by atoms with Gasteiger partial charge in [-0.15, -0.1) is 13.2 Å². The van der Waals surface area contributed by atoms with Crippen LogP contribution in [0.2, 0.25) is 0 Å². The van der Waals surface area contributed by atoms with E-state index in [1.807, 2.05) is 0 Å². The summed E-state index contributed by atoms with van der Waals surface area (Å²) in [5, 5.41) is 5.58. The molecule has 2 amide bonds. The van der Waals surface area contributed by atoms with Crippen molar-refractivity contribution >= 4 is 11.8 Å². The van der Waals surface area contributed by atoms with E-state index in [1.165, 1.54) is 12.1 Å². The van der Waals surface area contributed by atoms with Gasteiger partial charge in [-0.1, -0.05) is 12.1 Å². The van der Waals surface area contributed by atoms with Crippen LogP contribution in [-0.2, 0) is 9.59 Å². The predicted octanol–water partition coefficient (Wildman–Crippen LogP) is 1.58. The highest BCUT2D eigenvalue weighted by Gasteiger charge is 2.34. The van der Waals surface area contributed by atoms with Crippen molar-refractivity contribution in [1.82, 2.24) is 15.5 Å². The van der Waals surface area contributed by atoms with E-state index in [0.29, 0.717) is 31.1 Å². The molecular formula is C17H20F3N3O3. The first-order valence-corrected chi connectivity index (χ1v) is 8.46. The molecule has 1 saturated heterocycles. The summed E-state index contributed by atoms with van der Waals surface area (Å²) in [5.74, 6) is -0.240. The van der Waals surface area contributed by atoms with Gasteiger partial charge in [-0.25, -0.2) is 0 Å². The summed E-state index contributed by atoms with van der Waals surface area (Å²) in [5.41, 5.74) is 0.506. The van der Waals surface area contributed by atoms with E-state index in [2.05, 4.69) is 15.4 Å². The topological polar surface area (TPSA) is 70.7 Å². The normalized spacial score (nSPS) is 21.2. The van der Waals surface area contributed by atoms with Crippen LogP contribution in [0.15, 0.2) is 24.3 Å². The summed E-state index contributed by atoms with van der Waals surface area (Å²) < 4.78 is 40.6. The molecule has 1 aliphatic carbocycles. The third-order valence-electron chi connectivity index (χ3n) is 4.37. The zero-order valence-electron chi connectivity index (χ0n) is 14.0. The summed E-state index contributed by atoms with van der Waals surface area (Å²) in [6.07, 6.45) is -2.52. The Labute approximate surface area is 148 Å². The maximum absolute atomic E-state index is 12.3. The molecule has 6 nitrogen and oxygen atoms in total.